The van der Waals surface area contributed by atoms with Gasteiger partial charge in [-0.2, -0.15) is 0 Å². The molecule has 0 unspecified atom stereocenters. The van der Waals surface area contributed by atoms with Crippen LogP contribution in [0.25, 0.3) is 0 Å². The minimum Gasteiger partial charge on any atom is -0.356 e. The highest BCUT2D eigenvalue weighted by Gasteiger charge is 2.06. The monoisotopic (exact) mass is 482 g/mol. The highest BCUT2D eigenvalue weighted by atomic mass is 127. The van der Waals surface area contributed by atoms with Gasteiger partial charge in [0.1, 0.15) is 0 Å². The maximum atomic E-state index is 11.5. The second-order valence-corrected chi connectivity index (χ2v) is 7.38. The van der Waals surface area contributed by atoms with Crippen LogP contribution in [-0.2, 0) is 21.1 Å². The van der Waals surface area contributed by atoms with Crippen molar-refractivity contribution in [3.05, 3.63) is 29.8 Å². The van der Waals surface area contributed by atoms with Gasteiger partial charge < -0.3 is 16.0 Å². The number of benzene rings is 1. The van der Waals surface area contributed by atoms with Crippen molar-refractivity contribution in [2.45, 2.75) is 24.7 Å². The van der Waals surface area contributed by atoms with Gasteiger partial charge in [0.15, 0.2) is 15.8 Å². The number of hydrogen-bond acceptors (Lipinski definition) is 4. The number of hydrogen-bond donors (Lipinski definition) is 3. The topological polar surface area (TPSA) is 99.7 Å². The zero-order valence-electron chi connectivity index (χ0n) is 14.8. The zero-order valence-corrected chi connectivity index (χ0v) is 18.0. The van der Waals surface area contributed by atoms with Gasteiger partial charge in [-0.3, -0.25) is 9.79 Å². The lowest BCUT2D eigenvalue weighted by Gasteiger charge is -2.12. The third kappa shape index (κ3) is 9.63. The van der Waals surface area contributed by atoms with Crippen LogP contribution in [0.2, 0.25) is 0 Å². The lowest BCUT2D eigenvalue weighted by Crippen LogP contribution is -2.43. The number of carbonyl (C=O) groups excluding carboxylic acids is 1. The molecular weight excluding hydrogens is 455 g/mol. The summed E-state index contributed by atoms with van der Waals surface area (Å²) in [5.74, 6) is 0.477. The van der Waals surface area contributed by atoms with E-state index in [1.54, 1.807) is 31.3 Å². The molecule has 1 aromatic carbocycles. The molecule has 0 atom stereocenters. The number of aliphatic imine (C=N–C) groups is 1. The van der Waals surface area contributed by atoms with Crippen molar-refractivity contribution in [1.29, 1.82) is 0 Å². The summed E-state index contributed by atoms with van der Waals surface area (Å²) in [5, 5.41) is 8.83. The summed E-state index contributed by atoms with van der Waals surface area (Å²) in [4.78, 5) is 15.9. The highest BCUT2D eigenvalue weighted by molar-refractivity contribution is 14.0. The first-order valence-corrected chi connectivity index (χ1v) is 9.76. The van der Waals surface area contributed by atoms with E-state index in [0.717, 1.165) is 12.0 Å². The van der Waals surface area contributed by atoms with Crippen molar-refractivity contribution in [1.82, 2.24) is 16.0 Å². The maximum absolute atomic E-state index is 11.5. The lowest BCUT2D eigenvalue weighted by atomic mass is 10.1. The predicted octanol–water partition coefficient (Wildman–Crippen LogP) is 0.942. The highest BCUT2D eigenvalue weighted by Crippen LogP contribution is 2.10. The van der Waals surface area contributed by atoms with Crippen LogP contribution in [0.1, 0.15) is 18.9 Å². The quantitative estimate of drug-likeness (QED) is 0.291. The molecule has 0 saturated carbocycles. The van der Waals surface area contributed by atoms with E-state index in [1.165, 1.54) is 6.26 Å². The number of guanidine groups is 1. The molecule has 0 fully saturated rings. The summed E-state index contributed by atoms with van der Waals surface area (Å²) in [6.07, 6.45) is 2.81. The Morgan fingerprint density at radius 1 is 1.08 bits per heavy atom. The molecule has 0 aliphatic heterocycles. The Bertz CT molecular complexity index is 660. The summed E-state index contributed by atoms with van der Waals surface area (Å²) < 4.78 is 22.8. The van der Waals surface area contributed by atoms with Crippen LogP contribution < -0.4 is 16.0 Å². The number of carbonyl (C=O) groups is 1. The zero-order chi connectivity index (χ0) is 18.0. The van der Waals surface area contributed by atoms with Gasteiger partial charge in [0, 0.05) is 26.4 Å². The Morgan fingerprint density at radius 3 is 2.24 bits per heavy atom. The molecule has 0 saturated heterocycles. The first-order chi connectivity index (χ1) is 11.4. The largest absolute Gasteiger partial charge is 0.356 e. The lowest BCUT2D eigenvalue weighted by molar-refractivity contribution is -0.120. The predicted molar refractivity (Wildman–Crippen MR) is 111 cm³/mol. The van der Waals surface area contributed by atoms with Crippen LogP contribution in [0.15, 0.2) is 34.2 Å². The van der Waals surface area contributed by atoms with Crippen LogP contribution in [0.5, 0.6) is 0 Å². The molecule has 3 N–H and O–H groups in total. The number of halogens is 1. The fourth-order valence-corrected chi connectivity index (χ4v) is 2.57. The summed E-state index contributed by atoms with van der Waals surface area (Å²) in [5.41, 5.74) is 1.02. The molecule has 0 aromatic heterocycles. The van der Waals surface area contributed by atoms with E-state index in [1.807, 2.05) is 6.92 Å². The van der Waals surface area contributed by atoms with E-state index in [0.29, 0.717) is 30.4 Å². The van der Waals surface area contributed by atoms with Gasteiger partial charge >= 0.3 is 0 Å². The van der Waals surface area contributed by atoms with Gasteiger partial charge in [-0.15, -0.1) is 24.0 Å². The number of nitrogens with zero attached hydrogens (tertiary/aromatic N) is 1. The van der Waals surface area contributed by atoms with Crippen molar-refractivity contribution in [2.24, 2.45) is 4.99 Å². The van der Waals surface area contributed by atoms with Crippen molar-refractivity contribution >= 4 is 45.7 Å². The summed E-state index contributed by atoms with van der Waals surface area (Å²) in [6, 6.07) is 6.81. The average molecular weight is 482 g/mol. The van der Waals surface area contributed by atoms with Gasteiger partial charge in [0.2, 0.25) is 5.91 Å². The number of rotatable bonds is 8. The smallest absolute Gasteiger partial charge is 0.239 e. The maximum Gasteiger partial charge on any atom is 0.239 e. The average Bonchev–Trinajstić information content (AvgIpc) is 2.55. The number of nitrogens with one attached hydrogen (secondary N) is 3. The van der Waals surface area contributed by atoms with E-state index >= 15 is 0 Å². The molecule has 7 nitrogen and oxygen atoms in total. The van der Waals surface area contributed by atoms with Crippen molar-refractivity contribution in [3.63, 3.8) is 0 Å². The molecule has 9 heteroatoms. The fourth-order valence-electron chi connectivity index (χ4n) is 1.94. The van der Waals surface area contributed by atoms with Gasteiger partial charge in [0.05, 0.1) is 11.4 Å². The molecule has 0 bridgehead atoms. The van der Waals surface area contributed by atoms with Crippen molar-refractivity contribution < 1.29 is 13.2 Å². The minimum absolute atomic E-state index is 0. The van der Waals surface area contributed by atoms with Crippen LogP contribution in [0.4, 0.5) is 0 Å². The molecule has 1 rings (SSSR count). The minimum atomic E-state index is -3.16. The van der Waals surface area contributed by atoms with Crippen LogP contribution in [0, 0.1) is 0 Å². The van der Waals surface area contributed by atoms with Crippen LogP contribution in [-0.4, -0.2) is 53.2 Å². The molecular formula is C16H27IN4O3S. The molecule has 142 valence electrons. The standard InChI is InChI=1S/C16H26N4O3S.HI/c1-4-10-18-15(21)12-20-16(17-2)19-11-9-13-5-7-14(8-6-13)24(3,22)23;/h5-8H,4,9-12H2,1-3H3,(H,18,21)(H2,17,19,20);1H. The summed E-state index contributed by atoms with van der Waals surface area (Å²) in [7, 11) is -1.52. The Morgan fingerprint density at radius 2 is 1.72 bits per heavy atom. The third-order valence-electron chi connectivity index (χ3n) is 3.27. The van der Waals surface area contributed by atoms with Crippen molar-refractivity contribution in [2.75, 3.05) is 32.9 Å². The molecule has 0 heterocycles. The molecule has 0 aliphatic rings. The van der Waals surface area contributed by atoms with Gasteiger partial charge in [0.25, 0.3) is 0 Å². The molecule has 1 amide bonds. The second kappa shape index (κ2) is 12.1. The van der Waals surface area contributed by atoms with E-state index in [9.17, 15) is 13.2 Å². The molecule has 1 aromatic rings. The van der Waals surface area contributed by atoms with Gasteiger partial charge in [-0.25, -0.2) is 8.42 Å². The number of amides is 1. The molecule has 0 spiro atoms. The Labute approximate surface area is 167 Å². The van der Waals surface area contributed by atoms with E-state index < -0.39 is 9.84 Å². The Kier molecular flexibility index (Phi) is 11.4. The van der Waals surface area contributed by atoms with Crippen LogP contribution >= 0.6 is 24.0 Å². The first-order valence-electron chi connectivity index (χ1n) is 7.87. The third-order valence-corrected chi connectivity index (χ3v) is 4.40. The van der Waals surface area contributed by atoms with Crippen molar-refractivity contribution in [3.8, 4) is 0 Å². The SMILES string of the molecule is CCCNC(=O)CNC(=NC)NCCc1ccc(S(C)(=O)=O)cc1.I. The fraction of sp³-hybridized carbons (Fsp3) is 0.500. The molecule has 0 aliphatic carbocycles. The van der Waals surface area contributed by atoms with E-state index in [4.69, 9.17) is 0 Å². The van der Waals surface area contributed by atoms with Crippen LogP contribution in [0.3, 0.4) is 0 Å². The molecule has 25 heavy (non-hydrogen) atoms. The summed E-state index contributed by atoms with van der Waals surface area (Å²) in [6.45, 7) is 3.45. The van der Waals surface area contributed by atoms with E-state index in [-0.39, 0.29) is 36.4 Å². The summed E-state index contributed by atoms with van der Waals surface area (Å²) >= 11 is 0. The van der Waals surface area contributed by atoms with Gasteiger partial charge in [-0.05, 0) is 30.5 Å². The van der Waals surface area contributed by atoms with Gasteiger partial charge in [-0.1, -0.05) is 19.1 Å². The second-order valence-electron chi connectivity index (χ2n) is 5.37. The normalized spacial score (nSPS) is 11.4. The first kappa shape index (κ1) is 23.6. The Hall–Kier alpha value is -1.36. The number of sulfone groups is 1. The Balaban J connectivity index is 0.00000576. The molecule has 0 radical (unpaired) electrons. The van der Waals surface area contributed by atoms with E-state index in [2.05, 4.69) is 20.9 Å².